The van der Waals surface area contributed by atoms with Gasteiger partial charge in [0.25, 0.3) is 0 Å². The zero-order valence-corrected chi connectivity index (χ0v) is 16.6. The molecule has 1 atom stereocenters. The molecule has 2 rings (SSSR count). The van der Waals surface area contributed by atoms with Gasteiger partial charge in [0.05, 0.1) is 17.3 Å². The predicted molar refractivity (Wildman–Crippen MR) is 98.3 cm³/mol. The number of hydrogen-bond donors (Lipinski definition) is 3. The number of hydrogen-bond acceptors (Lipinski definition) is 5. The van der Waals surface area contributed by atoms with Gasteiger partial charge in [-0.2, -0.15) is 9.40 Å². The standard InChI is InChI=1S/C15H27N5O3S.ClH/c1-11-14(12(2)19-18-11)24(22,23)20-9-4-6-13(10-20)15(21)17-8-5-7-16-3;/h13,16H,4-10H2,1-3H3,(H,17,21)(H,18,19);1H. The number of rotatable bonds is 7. The Morgan fingerprint density at radius 2 is 2.08 bits per heavy atom. The summed E-state index contributed by atoms with van der Waals surface area (Å²) >= 11 is 0. The number of amides is 1. The molecule has 0 saturated carbocycles. The Morgan fingerprint density at radius 3 is 2.68 bits per heavy atom. The van der Waals surface area contributed by atoms with Crippen LogP contribution in [0.1, 0.15) is 30.7 Å². The first-order valence-corrected chi connectivity index (χ1v) is 9.76. The van der Waals surface area contributed by atoms with E-state index in [2.05, 4.69) is 20.8 Å². The predicted octanol–water partition coefficient (Wildman–Crippen LogP) is 0.575. The van der Waals surface area contributed by atoms with Crippen LogP contribution in [0.2, 0.25) is 0 Å². The Morgan fingerprint density at radius 1 is 1.36 bits per heavy atom. The molecule has 8 nitrogen and oxygen atoms in total. The lowest BCUT2D eigenvalue weighted by Crippen LogP contribution is -2.45. The van der Waals surface area contributed by atoms with E-state index >= 15 is 0 Å². The number of carbonyl (C=O) groups excluding carboxylic acids is 1. The van der Waals surface area contributed by atoms with Crippen molar-refractivity contribution in [3.05, 3.63) is 11.4 Å². The van der Waals surface area contributed by atoms with Crippen LogP contribution in [0.5, 0.6) is 0 Å². The first-order chi connectivity index (χ1) is 11.4. The van der Waals surface area contributed by atoms with E-state index in [9.17, 15) is 13.2 Å². The second-order valence-corrected chi connectivity index (χ2v) is 8.09. The third-order valence-corrected chi connectivity index (χ3v) is 6.45. The highest BCUT2D eigenvalue weighted by molar-refractivity contribution is 7.89. The van der Waals surface area contributed by atoms with Crippen molar-refractivity contribution < 1.29 is 13.2 Å². The van der Waals surface area contributed by atoms with Crippen LogP contribution in [-0.2, 0) is 14.8 Å². The molecular formula is C15H28ClN5O3S. The van der Waals surface area contributed by atoms with Gasteiger partial charge in [0.1, 0.15) is 4.90 Å². The van der Waals surface area contributed by atoms with Gasteiger partial charge >= 0.3 is 0 Å². The number of aromatic amines is 1. The van der Waals surface area contributed by atoms with E-state index < -0.39 is 10.0 Å². The monoisotopic (exact) mass is 393 g/mol. The van der Waals surface area contributed by atoms with Crippen molar-refractivity contribution in [2.75, 3.05) is 33.2 Å². The molecule has 1 aliphatic heterocycles. The molecule has 0 spiro atoms. The molecule has 10 heteroatoms. The minimum atomic E-state index is -3.63. The van der Waals surface area contributed by atoms with Crippen LogP contribution in [0.15, 0.2) is 4.90 Å². The van der Waals surface area contributed by atoms with Crippen molar-refractivity contribution in [1.82, 2.24) is 25.1 Å². The largest absolute Gasteiger partial charge is 0.356 e. The summed E-state index contributed by atoms with van der Waals surface area (Å²) in [6.07, 6.45) is 2.25. The molecule has 1 aromatic heterocycles. The van der Waals surface area contributed by atoms with Gasteiger partial charge in [-0.05, 0) is 46.7 Å². The number of sulfonamides is 1. The van der Waals surface area contributed by atoms with Crippen molar-refractivity contribution in [2.45, 2.75) is 38.0 Å². The third-order valence-electron chi connectivity index (χ3n) is 4.32. The summed E-state index contributed by atoms with van der Waals surface area (Å²) in [5, 5.41) is 12.6. The average molecular weight is 394 g/mol. The quantitative estimate of drug-likeness (QED) is 0.587. The van der Waals surface area contributed by atoms with E-state index in [1.165, 1.54) is 4.31 Å². The zero-order valence-electron chi connectivity index (χ0n) is 15.0. The molecule has 1 saturated heterocycles. The highest BCUT2D eigenvalue weighted by atomic mass is 35.5. The summed E-state index contributed by atoms with van der Waals surface area (Å²) in [4.78, 5) is 12.5. The van der Waals surface area contributed by atoms with Crippen LogP contribution in [0.25, 0.3) is 0 Å². The fraction of sp³-hybridized carbons (Fsp3) is 0.733. The molecule has 0 aromatic carbocycles. The van der Waals surface area contributed by atoms with E-state index in [4.69, 9.17) is 0 Å². The highest BCUT2D eigenvalue weighted by Gasteiger charge is 2.35. The maximum atomic E-state index is 12.9. The van der Waals surface area contributed by atoms with Crippen LogP contribution in [0, 0.1) is 19.8 Å². The Balaban J connectivity index is 0.00000312. The topological polar surface area (TPSA) is 107 Å². The van der Waals surface area contributed by atoms with E-state index in [1.807, 2.05) is 7.05 Å². The molecular weight excluding hydrogens is 366 g/mol. The van der Waals surface area contributed by atoms with Crippen LogP contribution in [-0.4, -0.2) is 62.1 Å². The molecule has 1 aliphatic rings. The van der Waals surface area contributed by atoms with Crippen LogP contribution in [0.4, 0.5) is 0 Å². The van der Waals surface area contributed by atoms with Crippen molar-refractivity contribution in [2.24, 2.45) is 5.92 Å². The lowest BCUT2D eigenvalue weighted by atomic mass is 9.99. The molecule has 0 aliphatic carbocycles. The number of aromatic nitrogens is 2. The summed E-state index contributed by atoms with van der Waals surface area (Å²) in [7, 11) is -1.76. The average Bonchev–Trinajstić information content (AvgIpc) is 2.91. The first kappa shape index (κ1) is 21.9. The number of nitrogens with one attached hydrogen (secondary N) is 3. The molecule has 1 amide bonds. The molecule has 25 heavy (non-hydrogen) atoms. The molecule has 3 N–H and O–H groups in total. The lowest BCUT2D eigenvalue weighted by Gasteiger charge is -2.31. The fourth-order valence-corrected chi connectivity index (χ4v) is 4.90. The van der Waals surface area contributed by atoms with Crippen molar-refractivity contribution in [3.8, 4) is 0 Å². The van der Waals surface area contributed by atoms with E-state index in [0.717, 1.165) is 13.0 Å². The SMILES string of the molecule is CNCCCNC(=O)C1CCCN(S(=O)(=O)c2c(C)n[nH]c2C)C1.Cl. The first-order valence-electron chi connectivity index (χ1n) is 8.32. The van der Waals surface area contributed by atoms with Crippen LogP contribution < -0.4 is 10.6 Å². The summed E-state index contributed by atoms with van der Waals surface area (Å²) in [5.74, 6) is -0.359. The van der Waals surface area contributed by atoms with Gasteiger partial charge in [-0.25, -0.2) is 8.42 Å². The summed E-state index contributed by atoms with van der Waals surface area (Å²) in [5.41, 5.74) is 0.997. The highest BCUT2D eigenvalue weighted by Crippen LogP contribution is 2.26. The number of nitrogens with zero attached hydrogens (tertiary/aromatic N) is 2. The Labute approximate surface area is 155 Å². The Kier molecular flexibility index (Phi) is 8.33. The number of carbonyl (C=O) groups is 1. The van der Waals surface area contributed by atoms with Crippen molar-refractivity contribution in [3.63, 3.8) is 0 Å². The second kappa shape index (κ2) is 9.51. The molecule has 1 aromatic rings. The third kappa shape index (κ3) is 5.16. The fourth-order valence-electron chi connectivity index (χ4n) is 3.05. The van der Waals surface area contributed by atoms with Gasteiger partial charge < -0.3 is 10.6 Å². The smallest absolute Gasteiger partial charge is 0.246 e. The van der Waals surface area contributed by atoms with E-state index in [-0.39, 0.29) is 35.7 Å². The van der Waals surface area contributed by atoms with Crippen molar-refractivity contribution >= 4 is 28.3 Å². The molecule has 0 radical (unpaired) electrons. The van der Waals surface area contributed by atoms with E-state index in [1.54, 1.807) is 13.8 Å². The number of H-pyrrole nitrogens is 1. The number of piperidine rings is 1. The normalized spacial score (nSPS) is 18.6. The number of aryl methyl sites for hydroxylation is 2. The van der Waals surface area contributed by atoms with Gasteiger partial charge in [-0.15, -0.1) is 12.4 Å². The van der Waals surface area contributed by atoms with Gasteiger partial charge in [0.15, 0.2) is 0 Å². The van der Waals surface area contributed by atoms with Gasteiger partial charge in [0.2, 0.25) is 15.9 Å². The van der Waals surface area contributed by atoms with Crippen LogP contribution in [0.3, 0.4) is 0 Å². The molecule has 1 fully saturated rings. The molecule has 144 valence electrons. The van der Waals surface area contributed by atoms with Gasteiger partial charge in [-0.3, -0.25) is 9.89 Å². The van der Waals surface area contributed by atoms with Crippen molar-refractivity contribution in [1.29, 1.82) is 0 Å². The number of halogens is 1. The van der Waals surface area contributed by atoms with E-state index in [0.29, 0.717) is 37.3 Å². The lowest BCUT2D eigenvalue weighted by molar-refractivity contribution is -0.126. The zero-order chi connectivity index (χ0) is 17.7. The minimum Gasteiger partial charge on any atom is -0.356 e. The van der Waals surface area contributed by atoms with Gasteiger partial charge in [0, 0.05) is 19.6 Å². The Bertz CT molecular complexity index is 657. The maximum absolute atomic E-state index is 12.9. The minimum absolute atomic E-state index is 0. The van der Waals surface area contributed by atoms with Crippen LogP contribution >= 0.6 is 12.4 Å². The molecule has 0 bridgehead atoms. The summed E-state index contributed by atoms with van der Waals surface area (Å²) in [6.45, 7) is 5.47. The maximum Gasteiger partial charge on any atom is 0.246 e. The molecule has 1 unspecified atom stereocenters. The molecule has 2 heterocycles. The summed E-state index contributed by atoms with van der Waals surface area (Å²) in [6, 6.07) is 0. The second-order valence-electron chi connectivity index (χ2n) is 6.21. The Hall–Kier alpha value is -1.16. The van der Waals surface area contributed by atoms with Gasteiger partial charge in [-0.1, -0.05) is 0 Å². The summed E-state index contributed by atoms with van der Waals surface area (Å²) < 4.78 is 27.2.